The number of methoxy groups -OCH3 is 1. The molecule has 0 amide bonds. The lowest BCUT2D eigenvalue weighted by Crippen LogP contribution is -2.31. The highest BCUT2D eigenvalue weighted by atomic mass is 32.2. The third-order valence-electron chi connectivity index (χ3n) is 3.63. The summed E-state index contributed by atoms with van der Waals surface area (Å²) in [7, 11) is 1.66. The van der Waals surface area contributed by atoms with E-state index in [4.69, 9.17) is 4.74 Å². The number of ether oxygens (including phenoxy) is 1. The molecule has 0 spiro atoms. The molecule has 1 atom stereocenters. The number of hydrogen-bond acceptors (Lipinski definition) is 3. The Bertz CT molecular complexity index is 656. The first-order chi connectivity index (χ1) is 9.90. The Morgan fingerprint density at radius 3 is 2.24 bits per heavy atom. The second-order valence-corrected chi connectivity index (χ2v) is 7.15. The minimum atomic E-state index is -0.0719. The Morgan fingerprint density at radius 1 is 1.10 bits per heavy atom. The molecule has 0 saturated carbocycles. The van der Waals surface area contributed by atoms with Gasteiger partial charge in [0.25, 0.3) is 0 Å². The Labute approximate surface area is 130 Å². The van der Waals surface area contributed by atoms with Crippen molar-refractivity contribution in [2.45, 2.75) is 26.0 Å². The van der Waals surface area contributed by atoms with Crippen molar-refractivity contribution in [1.29, 1.82) is 0 Å². The van der Waals surface area contributed by atoms with Crippen molar-refractivity contribution < 1.29 is 9.53 Å². The van der Waals surface area contributed by atoms with Gasteiger partial charge in [0.2, 0.25) is 0 Å². The van der Waals surface area contributed by atoms with Crippen LogP contribution >= 0.6 is 11.8 Å². The van der Waals surface area contributed by atoms with Crippen LogP contribution in [0.4, 0.5) is 0 Å². The van der Waals surface area contributed by atoms with E-state index >= 15 is 0 Å². The highest BCUT2D eigenvalue weighted by molar-refractivity contribution is 8.00. The van der Waals surface area contributed by atoms with E-state index in [1.807, 2.05) is 42.7 Å². The summed E-state index contributed by atoms with van der Waals surface area (Å²) in [6.07, 6.45) is 2.00. The van der Waals surface area contributed by atoms with E-state index in [-0.39, 0.29) is 16.4 Å². The normalized spacial score (nSPS) is 13.2. The van der Waals surface area contributed by atoms with Crippen LogP contribution in [0.1, 0.15) is 31.1 Å². The van der Waals surface area contributed by atoms with Crippen LogP contribution in [0.25, 0.3) is 10.8 Å². The summed E-state index contributed by atoms with van der Waals surface area (Å²) in [5.74, 6) is 0.993. The molecule has 0 aromatic heterocycles. The van der Waals surface area contributed by atoms with Crippen LogP contribution in [0.2, 0.25) is 0 Å². The molecule has 3 heteroatoms. The first kappa shape index (κ1) is 15.9. The quantitative estimate of drug-likeness (QED) is 0.758. The van der Waals surface area contributed by atoms with Crippen LogP contribution in [-0.2, 0) is 0 Å². The van der Waals surface area contributed by atoms with E-state index in [0.29, 0.717) is 0 Å². The zero-order valence-electron chi connectivity index (χ0n) is 13.3. The van der Waals surface area contributed by atoms with E-state index in [1.54, 1.807) is 18.9 Å². The van der Waals surface area contributed by atoms with Crippen LogP contribution in [0, 0.1) is 5.41 Å². The van der Waals surface area contributed by atoms with Gasteiger partial charge in [-0.25, -0.2) is 0 Å². The fourth-order valence-corrected chi connectivity index (χ4v) is 3.71. The van der Waals surface area contributed by atoms with Gasteiger partial charge >= 0.3 is 0 Å². The van der Waals surface area contributed by atoms with E-state index in [1.165, 1.54) is 0 Å². The monoisotopic (exact) mass is 302 g/mol. The van der Waals surface area contributed by atoms with Crippen molar-refractivity contribution in [3.63, 3.8) is 0 Å². The summed E-state index contributed by atoms with van der Waals surface area (Å²) in [6, 6.07) is 11.7. The molecule has 112 valence electrons. The fraction of sp³-hybridized carbons (Fsp3) is 0.389. The molecule has 0 radical (unpaired) electrons. The van der Waals surface area contributed by atoms with Crippen LogP contribution in [0.3, 0.4) is 0 Å². The predicted octanol–water partition coefficient (Wildman–Crippen LogP) is 4.81. The highest BCUT2D eigenvalue weighted by Crippen LogP contribution is 2.35. The molecule has 2 aromatic carbocycles. The molecule has 21 heavy (non-hydrogen) atoms. The molecule has 0 heterocycles. The average molecular weight is 302 g/mol. The number of Topliss-reactive ketones (excluding diaryl/α,β-unsaturated/α-hetero) is 1. The number of fused-ring (bicyclic) bond motifs is 1. The first-order valence-electron chi connectivity index (χ1n) is 7.03. The second-order valence-electron chi connectivity index (χ2n) is 6.21. The van der Waals surface area contributed by atoms with E-state index in [2.05, 4.69) is 20.8 Å². The number of hydrogen-bond donors (Lipinski definition) is 0. The van der Waals surface area contributed by atoms with Crippen LogP contribution in [0.5, 0.6) is 5.75 Å². The Hall–Kier alpha value is -1.48. The molecule has 2 nitrogen and oxygen atoms in total. The third kappa shape index (κ3) is 3.08. The van der Waals surface area contributed by atoms with Gasteiger partial charge in [-0.15, -0.1) is 0 Å². The fourth-order valence-electron chi connectivity index (χ4n) is 2.66. The summed E-state index contributed by atoms with van der Waals surface area (Å²) < 4.78 is 5.40. The summed E-state index contributed by atoms with van der Waals surface area (Å²) in [4.78, 5) is 13.0. The molecular weight excluding hydrogens is 280 g/mol. The molecule has 0 aliphatic rings. The van der Waals surface area contributed by atoms with E-state index in [0.717, 1.165) is 22.1 Å². The molecule has 0 bridgehead atoms. The Balaban J connectivity index is 2.60. The molecule has 0 fully saturated rings. The van der Waals surface area contributed by atoms with Gasteiger partial charge in [0.15, 0.2) is 5.78 Å². The SMILES string of the molecule is COc1ccc(C(=O)C(SC)C(C)(C)C)c2ccccc12. The van der Waals surface area contributed by atoms with Crippen molar-refractivity contribution in [2.24, 2.45) is 5.41 Å². The lowest BCUT2D eigenvalue weighted by Gasteiger charge is -2.28. The molecular formula is C18H22O2S. The maximum atomic E-state index is 13.0. The zero-order chi connectivity index (χ0) is 15.6. The number of benzene rings is 2. The topological polar surface area (TPSA) is 26.3 Å². The van der Waals surface area contributed by atoms with Gasteiger partial charge in [-0.05, 0) is 29.2 Å². The minimum absolute atomic E-state index is 0.0608. The van der Waals surface area contributed by atoms with E-state index in [9.17, 15) is 4.79 Å². The molecule has 0 N–H and O–H groups in total. The predicted molar refractivity (Wildman–Crippen MR) is 91.6 cm³/mol. The zero-order valence-corrected chi connectivity index (χ0v) is 14.1. The maximum Gasteiger partial charge on any atom is 0.176 e. The molecule has 0 saturated heterocycles. The van der Waals surface area contributed by atoms with E-state index < -0.39 is 0 Å². The molecule has 0 aliphatic heterocycles. The van der Waals surface area contributed by atoms with Gasteiger partial charge in [-0.3, -0.25) is 4.79 Å². The summed E-state index contributed by atoms with van der Waals surface area (Å²) in [5, 5.41) is 1.89. The molecule has 1 unspecified atom stereocenters. The van der Waals surface area contributed by atoms with Gasteiger partial charge in [0.05, 0.1) is 12.4 Å². The summed E-state index contributed by atoms with van der Waals surface area (Å²) in [5.41, 5.74) is 0.707. The standard InChI is InChI=1S/C18H22O2S/c1-18(2,3)17(21-5)16(19)14-10-11-15(20-4)13-9-7-6-8-12(13)14/h6-11,17H,1-5H3. The van der Waals surface area contributed by atoms with Crippen molar-refractivity contribution in [2.75, 3.05) is 13.4 Å². The van der Waals surface area contributed by atoms with Gasteiger partial charge in [0, 0.05) is 10.9 Å². The third-order valence-corrected chi connectivity index (χ3v) is 5.02. The second kappa shape index (κ2) is 6.10. The van der Waals surface area contributed by atoms with Crippen molar-refractivity contribution in [3.05, 3.63) is 42.0 Å². The van der Waals surface area contributed by atoms with Gasteiger partial charge in [-0.2, -0.15) is 11.8 Å². The van der Waals surface area contributed by atoms with Gasteiger partial charge in [0.1, 0.15) is 5.75 Å². The maximum absolute atomic E-state index is 13.0. The highest BCUT2D eigenvalue weighted by Gasteiger charge is 2.32. The lowest BCUT2D eigenvalue weighted by atomic mass is 9.86. The number of thioether (sulfide) groups is 1. The average Bonchev–Trinajstić information content (AvgIpc) is 2.45. The largest absolute Gasteiger partial charge is 0.496 e. The number of carbonyl (C=O) groups excluding carboxylic acids is 1. The van der Waals surface area contributed by atoms with Crippen molar-refractivity contribution in [3.8, 4) is 5.75 Å². The van der Waals surface area contributed by atoms with Crippen LogP contribution in [0.15, 0.2) is 36.4 Å². The molecule has 2 rings (SSSR count). The number of carbonyl (C=O) groups is 1. The van der Waals surface area contributed by atoms with Crippen LogP contribution in [-0.4, -0.2) is 24.4 Å². The summed E-state index contributed by atoms with van der Waals surface area (Å²) >= 11 is 1.62. The summed E-state index contributed by atoms with van der Waals surface area (Å²) in [6.45, 7) is 6.33. The first-order valence-corrected chi connectivity index (χ1v) is 8.31. The molecule has 0 aliphatic carbocycles. The van der Waals surface area contributed by atoms with Crippen molar-refractivity contribution in [1.82, 2.24) is 0 Å². The smallest absolute Gasteiger partial charge is 0.176 e. The minimum Gasteiger partial charge on any atom is -0.496 e. The lowest BCUT2D eigenvalue weighted by molar-refractivity contribution is 0.0952. The number of rotatable bonds is 4. The number of ketones is 1. The molecule has 2 aromatic rings. The van der Waals surface area contributed by atoms with Gasteiger partial charge in [-0.1, -0.05) is 45.0 Å². The van der Waals surface area contributed by atoms with Crippen molar-refractivity contribution >= 4 is 28.3 Å². The Kier molecular flexibility index (Phi) is 4.62. The van der Waals surface area contributed by atoms with Gasteiger partial charge < -0.3 is 4.74 Å². The Morgan fingerprint density at radius 2 is 1.71 bits per heavy atom. The van der Waals surface area contributed by atoms with Crippen LogP contribution < -0.4 is 4.74 Å².